The second-order valence-electron chi connectivity index (χ2n) is 7.06. The minimum Gasteiger partial charge on any atom is -0.334 e. The van der Waals surface area contributed by atoms with E-state index in [2.05, 4.69) is 25.8 Å². The van der Waals surface area contributed by atoms with E-state index in [4.69, 9.17) is 11.6 Å². The van der Waals surface area contributed by atoms with Crippen molar-refractivity contribution in [3.05, 3.63) is 70.3 Å². The number of aliphatic imine (C=N–C) groups is 1. The van der Waals surface area contributed by atoms with Crippen LogP contribution in [-0.2, 0) is 14.6 Å². The predicted octanol–water partition coefficient (Wildman–Crippen LogP) is 3.31. The lowest BCUT2D eigenvalue weighted by Gasteiger charge is -2.26. The molecule has 0 radical (unpaired) electrons. The number of H-pyrrole nitrogens is 1. The molecule has 1 atom stereocenters. The molecule has 2 heterocycles. The van der Waals surface area contributed by atoms with Gasteiger partial charge < -0.3 is 10.6 Å². The Bertz CT molecular complexity index is 1380. The summed E-state index contributed by atoms with van der Waals surface area (Å²) in [6, 6.07) is 7.92. The number of amides is 1. The molecule has 1 unspecified atom stereocenters. The largest absolute Gasteiger partial charge is 0.334 e. The van der Waals surface area contributed by atoms with E-state index >= 15 is 0 Å². The van der Waals surface area contributed by atoms with Crippen LogP contribution in [0.25, 0.3) is 10.9 Å². The Morgan fingerprint density at radius 3 is 2.71 bits per heavy atom. The van der Waals surface area contributed by atoms with E-state index in [0.717, 1.165) is 23.2 Å². The number of fused-ring (bicyclic) bond motifs is 1. The zero-order chi connectivity index (χ0) is 22.3. The fraction of sp³-hybridized carbons (Fsp3) is 0.150. The molecule has 0 spiro atoms. The minimum absolute atomic E-state index is 0.0295. The number of aromatic amines is 1. The summed E-state index contributed by atoms with van der Waals surface area (Å²) < 4.78 is 38.8. The molecule has 160 valence electrons. The van der Waals surface area contributed by atoms with Crippen LogP contribution in [0.4, 0.5) is 10.1 Å². The minimum atomic E-state index is -3.73. The van der Waals surface area contributed by atoms with Gasteiger partial charge >= 0.3 is 0 Å². The van der Waals surface area contributed by atoms with Crippen molar-refractivity contribution in [2.45, 2.75) is 13.0 Å². The van der Waals surface area contributed by atoms with Crippen molar-refractivity contribution in [3.63, 3.8) is 0 Å². The standard InChI is InChI=1S/C20H17ClFN5O3S/c1-10-17(19(28)25-13-4-6-16-11(7-13)9-23-27-16)18(26-20(24-10)31(2,29)30)14-5-3-12(21)8-15(14)22/h3-9,18H,1-2H3,(H,23,27)(H,24,26)(H,25,28). The van der Waals surface area contributed by atoms with Crippen LogP contribution in [-0.4, -0.2) is 35.9 Å². The lowest BCUT2D eigenvalue weighted by Crippen LogP contribution is -2.37. The second-order valence-corrected chi connectivity index (χ2v) is 9.43. The Morgan fingerprint density at radius 2 is 2.00 bits per heavy atom. The number of hydrogen-bond donors (Lipinski definition) is 3. The molecule has 0 saturated heterocycles. The molecule has 8 nitrogen and oxygen atoms in total. The Labute approximate surface area is 182 Å². The van der Waals surface area contributed by atoms with Gasteiger partial charge in [0, 0.05) is 33.6 Å². The zero-order valence-corrected chi connectivity index (χ0v) is 18.0. The first-order chi connectivity index (χ1) is 14.6. The van der Waals surface area contributed by atoms with Gasteiger partial charge in [-0.2, -0.15) is 5.10 Å². The van der Waals surface area contributed by atoms with Gasteiger partial charge in [-0.1, -0.05) is 17.7 Å². The summed E-state index contributed by atoms with van der Waals surface area (Å²) in [5, 5.41) is 12.8. The van der Waals surface area contributed by atoms with Crippen molar-refractivity contribution in [2.24, 2.45) is 4.99 Å². The van der Waals surface area contributed by atoms with Crippen LogP contribution in [0.2, 0.25) is 5.02 Å². The van der Waals surface area contributed by atoms with E-state index in [1.807, 2.05) is 0 Å². The Balaban J connectivity index is 1.76. The topological polar surface area (TPSA) is 116 Å². The third kappa shape index (κ3) is 4.17. The van der Waals surface area contributed by atoms with E-state index in [-0.39, 0.29) is 27.0 Å². The lowest BCUT2D eigenvalue weighted by atomic mass is 9.95. The zero-order valence-electron chi connectivity index (χ0n) is 16.4. The van der Waals surface area contributed by atoms with Crippen molar-refractivity contribution >= 4 is 49.1 Å². The molecule has 3 aromatic rings. The smallest absolute Gasteiger partial charge is 0.255 e. The van der Waals surface area contributed by atoms with Crippen molar-refractivity contribution in [1.29, 1.82) is 0 Å². The number of halogens is 2. The van der Waals surface area contributed by atoms with Crippen LogP contribution < -0.4 is 10.6 Å². The first-order valence-electron chi connectivity index (χ1n) is 9.08. The van der Waals surface area contributed by atoms with Gasteiger partial charge in [-0.05, 0) is 37.3 Å². The van der Waals surface area contributed by atoms with Gasteiger partial charge in [-0.25, -0.2) is 17.8 Å². The number of carbonyl (C=O) groups is 1. The van der Waals surface area contributed by atoms with Crippen LogP contribution in [0.3, 0.4) is 0 Å². The molecule has 1 aliphatic rings. The molecule has 4 rings (SSSR count). The van der Waals surface area contributed by atoms with Gasteiger partial charge in [-0.3, -0.25) is 9.89 Å². The third-order valence-corrected chi connectivity index (χ3v) is 5.91. The highest BCUT2D eigenvalue weighted by molar-refractivity contribution is 8.05. The van der Waals surface area contributed by atoms with Gasteiger partial charge in [0.05, 0.1) is 17.3 Å². The van der Waals surface area contributed by atoms with E-state index in [1.165, 1.54) is 19.1 Å². The molecular formula is C20H17ClFN5O3S. The number of allylic oxidation sites excluding steroid dienone is 1. The second kappa shape index (κ2) is 7.78. The summed E-state index contributed by atoms with van der Waals surface area (Å²) in [4.78, 5) is 17.3. The number of nitrogens with zero attached hydrogens (tertiary/aromatic N) is 2. The molecule has 0 aliphatic carbocycles. The molecule has 0 saturated carbocycles. The number of anilines is 1. The van der Waals surface area contributed by atoms with E-state index in [9.17, 15) is 17.6 Å². The molecule has 31 heavy (non-hydrogen) atoms. The Kier molecular flexibility index (Phi) is 5.28. The van der Waals surface area contributed by atoms with Gasteiger partial charge in [0.1, 0.15) is 11.9 Å². The Hall–Kier alpha value is -3.24. The molecule has 0 bridgehead atoms. The molecule has 1 amide bonds. The van der Waals surface area contributed by atoms with Crippen molar-refractivity contribution in [3.8, 4) is 0 Å². The number of rotatable bonds is 3. The quantitative estimate of drug-likeness (QED) is 0.553. The normalized spacial score (nSPS) is 16.8. The number of benzene rings is 2. The molecule has 11 heteroatoms. The highest BCUT2D eigenvalue weighted by Crippen LogP contribution is 2.34. The first kappa shape index (κ1) is 21.0. The molecule has 1 aromatic heterocycles. The van der Waals surface area contributed by atoms with E-state index in [0.29, 0.717) is 5.69 Å². The van der Waals surface area contributed by atoms with Crippen LogP contribution in [0.5, 0.6) is 0 Å². The van der Waals surface area contributed by atoms with Gasteiger partial charge in [0.2, 0.25) is 15.0 Å². The summed E-state index contributed by atoms with van der Waals surface area (Å²) >= 11 is 5.85. The van der Waals surface area contributed by atoms with Crippen LogP contribution >= 0.6 is 11.6 Å². The van der Waals surface area contributed by atoms with Crippen molar-refractivity contribution < 1.29 is 17.6 Å². The maximum atomic E-state index is 14.7. The monoisotopic (exact) mass is 461 g/mol. The molecule has 0 fully saturated rings. The number of carbonyl (C=O) groups excluding carboxylic acids is 1. The molecule has 1 aliphatic heterocycles. The van der Waals surface area contributed by atoms with Crippen molar-refractivity contribution in [2.75, 3.05) is 11.6 Å². The molecule has 2 aromatic carbocycles. The summed E-state index contributed by atoms with van der Waals surface area (Å²) in [6.45, 7) is 1.54. The molecular weight excluding hydrogens is 445 g/mol. The number of aromatic nitrogens is 2. The first-order valence-corrected chi connectivity index (χ1v) is 11.4. The molecule has 3 N–H and O–H groups in total. The SMILES string of the molecule is CC1=C(C(=O)Nc2ccc3[nH]ncc3c2)C(c2ccc(Cl)cc2F)N=C(S(C)(=O)=O)N1. The van der Waals surface area contributed by atoms with Crippen LogP contribution in [0.15, 0.2) is 58.9 Å². The number of nitrogens with one attached hydrogen (secondary N) is 3. The van der Waals surface area contributed by atoms with Crippen LogP contribution in [0.1, 0.15) is 18.5 Å². The number of hydrogen-bond acceptors (Lipinski definition) is 6. The summed E-state index contributed by atoms with van der Waals surface area (Å²) in [5.74, 6) is -1.25. The van der Waals surface area contributed by atoms with Gasteiger partial charge in [-0.15, -0.1) is 0 Å². The average molecular weight is 462 g/mol. The third-order valence-electron chi connectivity index (χ3n) is 4.77. The summed E-state index contributed by atoms with van der Waals surface area (Å²) in [7, 11) is -3.73. The maximum Gasteiger partial charge on any atom is 0.255 e. The van der Waals surface area contributed by atoms with Crippen LogP contribution in [0, 0.1) is 5.82 Å². The number of amidine groups is 1. The fourth-order valence-electron chi connectivity index (χ4n) is 3.30. The maximum absolute atomic E-state index is 14.7. The summed E-state index contributed by atoms with van der Waals surface area (Å²) in [5.41, 5.74) is 1.66. The lowest BCUT2D eigenvalue weighted by molar-refractivity contribution is -0.113. The predicted molar refractivity (Wildman–Crippen MR) is 117 cm³/mol. The highest BCUT2D eigenvalue weighted by atomic mass is 35.5. The van der Waals surface area contributed by atoms with Crippen molar-refractivity contribution in [1.82, 2.24) is 15.5 Å². The highest BCUT2D eigenvalue weighted by Gasteiger charge is 2.33. The van der Waals surface area contributed by atoms with E-state index < -0.39 is 27.6 Å². The Morgan fingerprint density at radius 1 is 1.23 bits per heavy atom. The fourth-order valence-corrected chi connectivity index (χ4v) is 4.09. The van der Waals surface area contributed by atoms with Gasteiger partial charge in [0.15, 0.2) is 0 Å². The van der Waals surface area contributed by atoms with E-state index in [1.54, 1.807) is 24.4 Å². The summed E-state index contributed by atoms with van der Waals surface area (Å²) in [6.07, 6.45) is 2.60. The number of sulfone groups is 1. The average Bonchev–Trinajstić information content (AvgIpc) is 3.14. The van der Waals surface area contributed by atoms with Gasteiger partial charge in [0.25, 0.3) is 5.91 Å².